The Bertz CT molecular complexity index is 1190. The number of thioether (sulfide) groups is 1. The number of aromatic nitrogens is 7. The highest BCUT2D eigenvalue weighted by molar-refractivity contribution is 7.99. The Labute approximate surface area is 188 Å². The fraction of sp³-hybridized carbons (Fsp3) is 0.300. The van der Waals surface area contributed by atoms with Crippen molar-refractivity contribution in [1.29, 1.82) is 0 Å². The molecule has 31 heavy (non-hydrogen) atoms. The lowest BCUT2D eigenvalue weighted by atomic mass is 10.4. The van der Waals surface area contributed by atoms with Crippen molar-refractivity contribution in [2.24, 2.45) is 0 Å². The molecule has 0 aliphatic heterocycles. The van der Waals surface area contributed by atoms with E-state index in [1.165, 1.54) is 11.8 Å². The van der Waals surface area contributed by atoms with E-state index < -0.39 is 0 Å². The maximum absolute atomic E-state index is 12.7. The average molecular weight is 455 g/mol. The van der Waals surface area contributed by atoms with E-state index in [0.29, 0.717) is 16.9 Å². The summed E-state index contributed by atoms with van der Waals surface area (Å²) in [6.07, 6.45) is 0. The minimum Gasteiger partial charge on any atom is -0.310 e. The van der Waals surface area contributed by atoms with E-state index in [9.17, 15) is 4.79 Å². The molecule has 1 amide bonds. The summed E-state index contributed by atoms with van der Waals surface area (Å²) in [5.41, 5.74) is 2.44. The number of thiophene rings is 1. The van der Waals surface area contributed by atoms with Gasteiger partial charge in [-0.25, -0.2) is 9.97 Å². The first-order valence-corrected chi connectivity index (χ1v) is 11.6. The molecule has 0 atom stereocenters. The maximum atomic E-state index is 12.7. The lowest BCUT2D eigenvalue weighted by molar-refractivity contribution is -0.113. The van der Waals surface area contributed by atoms with Crippen LogP contribution >= 0.6 is 23.1 Å². The Kier molecular flexibility index (Phi) is 6.14. The van der Waals surface area contributed by atoms with Crippen molar-refractivity contribution in [3.8, 4) is 16.6 Å². The van der Waals surface area contributed by atoms with E-state index in [1.807, 2.05) is 55.8 Å². The zero-order valence-electron chi connectivity index (χ0n) is 17.7. The zero-order valence-corrected chi connectivity index (χ0v) is 19.3. The van der Waals surface area contributed by atoms with Crippen LogP contribution in [0.5, 0.6) is 0 Å². The van der Waals surface area contributed by atoms with E-state index >= 15 is 0 Å². The van der Waals surface area contributed by atoms with Gasteiger partial charge in [0.2, 0.25) is 5.91 Å². The minimum atomic E-state index is -0.168. The summed E-state index contributed by atoms with van der Waals surface area (Å²) in [5.74, 6) is 1.81. The average Bonchev–Trinajstić information content (AvgIpc) is 3.44. The molecular weight excluding hydrogens is 432 g/mol. The van der Waals surface area contributed by atoms with Crippen LogP contribution in [0.3, 0.4) is 0 Å². The first-order valence-electron chi connectivity index (χ1n) is 9.73. The van der Waals surface area contributed by atoms with Crippen LogP contribution in [0.1, 0.15) is 24.0 Å². The molecule has 9 nitrogen and oxygen atoms in total. The molecule has 4 heterocycles. The number of amides is 1. The number of carbonyl (C=O) groups excluding carboxylic acids is 1. The van der Waals surface area contributed by atoms with Gasteiger partial charge in [-0.3, -0.25) is 4.79 Å². The molecule has 1 N–H and O–H groups in total. The predicted molar refractivity (Wildman–Crippen MR) is 122 cm³/mol. The van der Waals surface area contributed by atoms with Crippen LogP contribution in [-0.4, -0.2) is 46.2 Å². The molecule has 0 saturated carbocycles. The Morgan fingerprint density at radius 3 is 2.58 bits per heavy atom. The Balaban J connectivity index is 1.48. The van der Waals surface area contributed by atoms with Gasteiger partial charge >= 0.3 is 0 Å². The number of rotatable bonds is 7. The highest BCUT2D eigenvalue weighted by Gasteiger charge is 2.17. The van der Waals surface area contributed by atoms with Gasteiger partial charge < -0.3 is 9.88 Å². The molecule has 0 aliphatic rings. The number of hydrogen-bond acceptors (Lipinski definition) is 8. The summed E-state index contributed by atoms with van der Waals surface area (Å²) in [6.45, 7) is 8.42. The van der Waals surface area contributed by atoms with Crippen LogP contribution < -0.4 is 5.32 Å². The van der Waals surface area contributed by atoms with Crippen molar-refractivity contribution in [3.63, 3.8) is 0 Å². The smallest absolute Gasteiger partial charge is 0.252 e. The van der Waals surface area contributed by atoms with E-state index in [2.05, 4.69) is 30.6 Å². The van der Waals surface area contributed by atoms with Crippen LogP contribution in [0.25, 0.3) is 16.6 Å². The van der Waals surface area contributed by atoms with E-state index in [-0.39, 0.29) is 11.7 Å². The van der Waals surface area contributed by atoms with Crippen LogP contribution in [0, 0.1) is 20.8 Å². The van der Waals surface area contributed by atoms with Gasteiger partial charge in [0.05, 0.1) is 16.3 Å². The van der Waals surface area contributed by atoms with Crippen LogP contribution in [-0.2, 0) is 11.3 Å². The number of aryl methyl sites for hydroxylation is 3. The van der Waals surface area contributed by atoms with Gasteiger partial charge in [-0.2, -0.15) is 9.78 Å². The lowest BCUT2D eigenvalue weighted by Crippen LogP contribution is -2.18. The van der Waals surface area contributed by atoms with E-state index in [0.717, 1.165) is 34.3 Å². The van der Waals surface area contributed by atoms with Gasteiger partial charge in [0, 0.05) is 24.0 Å². The molecule has 0 unspecified atom stereocenters. The number of hydrogen-bond donors (Lipinski definition) is 1. The SMILES string of the molecule is CCn1c(SCC(=O)Nc2cc(C)nn2-c2nc(C)cc(C)n2)nnc1-c1cccs1. The summed E-state index contributed by atoms with van der Waals surface area (Å²) in [6, 6.07) is 7.69. The summed E-state index contributed by atoms with van der Waals surface area (Å²) in [7, 11) is 0. The first kappa shape index (κ1) is 21.2. The van der Waals surface area contributed by atoms with Gasteiger partial charge in [0.15, 0.2) is 11.0 Å². The molecule has 0 aliphatic carbocycles. The number of carbonyl (C=O) groups is 1. The molecule has 0 spiro atoms. The molecule has 4 aromatic heterocycles. The zero-order chi connectivity index (χ0) is 22.0. The van der Waals surface area contributed by atoms with Gasteiger partial charge in [0.25, 0.3) is 5.95 Å². The molecule has 0 saturated heterocycles. The molecule has 0 radical (unpaired) electrons. The second-order valence-corrected chi connectivity index (χ2v) is 8.79. The fourth-order valence-electron chi connectivity index (χ4n) is 3.12. The largest absolute Gasteiger partial charge is 0.310 e. The number of anilines is 1. The standard InChI is InChI=1S/C20H22N8OS2/c1-5-27-18(15-7-6-8-30-15)24-25-20(27)31-11-17(29)23-16-10-14(4)26-28(16)19-21-12(2)9-13(3)22-19/h6-10H,5,11H2,1-4H3,(H,23,29). The van der Waals surface area contributed by atoms with Crippen LogP contribution in [0.15, 0.2) is 34.8 Å². The highest BCUT2D eigenvalue weighted by atomic mass is 32.2. The number of nitrogens with zero attached hydrogens (tertiary/aromatic N) is 7. The molecule has 11 heteroatoms. The normalized spacial score (nSPS) is 11.1. The summed E-state index contributed by atoms with van der Waals surface area (Å²) in [4.78, 5) is 22.6. The predicted octanol–water partition coefficient (Wildman–Crippen LogP) is 3.66. The third-order valence-electron chi connectivity index (χ3n) is 4.37. The number of nitrogens with one attached hydrogen (secondary N) is 1. The second-order valence-electron chi connectivity index (χ2n) is 6.90. The Morgan fingerprint density at radius 1 is 1.13 bits per heavy atom. The van der Waals surface area contributed by atoms with Crippen molar-refractivity contribution >= 4 is 34.8 Å². The minimum absolute atomic E-state index is 0.168. The highest BCUT2D eigenvalue weighted by Crippen LogP contribution is 2.27. The molecule has 0 aromatic carbocycles. The first-order chi connectivity index (χ1) is 14.9. The van der Waals surface area contributed by atoms with Crippen molar-refractivity contribution in [2.75, 3.05) is 11.1 Å². The molecule has 160 valence electrons. The monoisotopic (exact) mass is 454 g/mol. The van der Waals surface area contributed by atoms with Gasteiger partial charge in [-0.05, 0) is 45.2 Å². The third-order valence-corrected chi connectivity index (χ3v) is 6.20. The Morgan fingerprint density at radius 2 is 1.90 bits per heavy atom. The summed E-state index contributed by atoms with van der Waals surface area (Å²) >= 11 is 2.97. The second kappa shape index (κ2) is 8.98. The van der Waals surface area contributed by atoms with Crippen molar-refractivity contribution in [3.05, 3.63) is 46.7 Å². The van der Waals surface area contributed by atoms with E-state index in [4.69, 9.17) is 0 Å². The third kappa shape index (κ3) is 4.67. The van der Waals surface area contributed by atoms with Crippen LogP contribution in [0.4, 0.5) is 5.82 Å². The lowest BCUT2D eigenvalue weighted by Gasteiger charge is -2.09. The topological polar surface area (TPSA) is 103 Å². The van der Waals surface area contributed by atoms with Gasteiger partial charge in [-0.1, -0.05) is 17.8 Å². The van der Waals surface area contributed by atoms with Gasteiger partial charge in [-0.15, -0.1) is 21.5 Å². The maximum Gasteiger partial charge on any atom is 0.252 e. The van der Waals surface area contributed by atoms with Crippen molar-refractivity contribution in [2.45, 2.75) is 39.4 Å². The summed E-state index contributed by atoms with van der Waals surface area (Å²) < 4.78 is 3.57. The molecular formula is C20H22N8OS2. The fourth-order valence-corrected chi connectivity index (χ4v) is 4.64. The van der Waals surface area contributed by atoms with Crippen LogP contribution in [0.2, 0.25) is 0 Å². The quantitative estimate of drug-likeness (QED) is 0.425. The Hall–Kier alpha value is -3.05. The molecule has 0 bridgehead atoms. The van der Waals surface area contributed by atoms with E-state index in [1.54, 1.807) is 22.1 Å². The summed E-state index contributed by atoms with van der Waals surface area (Å²) in [5, 5.41) is 18.7. The van der Waals surface area contributed by atoms with Crippen molar-refractivity contribution < 1.29 is 4.79 Å². The molecule has 4 rings (SSSR count). The van der Waals surface area contributed by atoms with Crippen molar-refractivity contribution in [1.82, 2.24) is 34.5 Å². The molecule has 0 fully saturated rings. The molecule has 4 aromatic rings. The van der Waals surface area contributed by atoms with Gasteiger partial charge in [0.1, 0.15) is 5.82 Å².